The molecule has 0 aliphatic heterocycles. The molecule has 2 atom stereocenters. The molecule has 0 heterocycles. The highest BCUT2D eigenvalue weighted by molar-refractivity contribution is 5.73. The summed E-state index contributed by atoms with van der Waals surface area (Å²) in [6.45, 7) is 16.5. The number of rotatable bonds is 19. The third-order valence-corrected chi connectivity index (χ3v) is 6.20. The fraction of sp³-hybridized carbons (Fsp3) is 0.929. The second kappa shape index (κ2) is 18.4. The van der Waals surface area contributed by atoms with Crippen LogP contribution in [-0.4, -0.2) is 24.1 Å². The highest BCUT2D eigenvalue weighted by Crippen LogP contribution is 2.33. The van der Waals surface area contributed by atoms with E-state index in [0.29, 0.717) is 24.2 Å². The van der Waals surface area contributed by atoms with E-state index in [-0.39, 0.29) is 30.1 Å². The van der Waals surface area contributed by atoms with Crippen molar-refractivity contribution in [3.05, 3.63) is 0 Å². The van der Waals surface area contributed by atoms with Crippen molar-refractivity contribution >= 4 is 11.9 Å². The van der Waals surface area contributed by atoms with Crippen LogP contribution in [0.5, 0.6) is 0 Å². The zero-order chi connectivity index (χ0) is 24.5. The zero-order valence-electron chi connectivity index (χ0n) is 22.6. The summed E-state index contributed by atoms with van der Waals surface area (Å²) in [4.78, 5) is 24.2. The zero-order valence-corrected chi connectivity index (χ0v) is 22.6. The summed E-state index contributed by atoms with van der Waals surface area (Å²) in [6.07, 6.45) is 13.8. The van der Waals surface area contributed by atoms with Crippen LogP contribution in [-0.2, 0) is 19.1 Å². The van der Waals surface area contributed by atoms with Crippen molar-refractivity contribution in [1.82, 2.24) is 0 Å². The van der Waals surface area contributed by atoms with Gasteiger partial charge in [0.05, 0.1) is 18.1 Å². The first-order valence-electron chi connectivity index (χ1n) is 13.5. The monoisotopic (exact) mass is 454 g/mol. The maximum Gasteiger partial charge on any atom is 0.309 e. The van der Waals surface area contributed by atoms with Gasteiger partial charge in [0, 0.05) is 6.42 Å². The summed E-state index contributed by atoms with van der Waals surface area (Å²) in [5.74, 6) is 1.15. The summed E-state index contributed by atoms with van der Waals surface area (Å²) >= 11 is 0. The van der Waals surface area contributed by atoms with Crippen LogP contribution in [0.1, 0.15) is 132 Å². The molecule has 0 aliphatic rings. The molecule has 32 heavy (non-hydrogen) atoms. The second-order valence-electron chi connectivity index (χ2n) is 10.8. The lowest BCUT2D eigenvalue weighted by Crippen LogP contribution is -2.34. The van der Waals surface area contributed by atoms with Crippen molar-refractivity contribution in [3.8, 4) is 0 Å². The van der Waals surface area contributed by atoms with Crippen LogP contribution in [0.3, 0.4) is 0 Å². The molecule has 0 aromatic rings. The van der Waals surface area contributed by atoms with Crippen LogP contribution in [0.2, 0.25) is 0 Å². The van der Waals surface area contributed by atoms with Gasteiger partial charge in [-0.3, -0.25) is 9.59 Å². The number of hydrogen-bond donors (Lipinski definition) is 0. The Labute approximate surface area is 199 Å². The Kier molecular flexibility index (Phi) is 17.8. The molecule has 0 N–H and O–H groups in total. The topological polar surface area (TPSA) is 52.6 Å². The van der Waals surface area contributed by atoms with Crippen molar-refractivity contribution in [2.24, 2.45) is 23.7 Å². The largest absolute Gasteiger partial charge is 0.463 e. The molecule has 0 saturated carbocycles. The molecule has 0 aliphatic carbocycles. The molecule has 0 spiro atoms. The first kappa shape index (κ1) is 30.9. The van der Waals surface area contributed by atoms with Gasteiger partial charge in [0.25, 0.3) is 0 Å². The first-order chi connectivity index (χ1) is 15.1. The summed E-state index contributed by atoms with van der Waals surface area (Å²) in [6, 6.07) is 0. The van der Waals surface area contributed by atoms with Gasteiger partial charge < -0.3 is 9.47 Å². The van der Waals surface area contributed by atoms with Gasteiger partial charge in [-0.25, -0.2) is 0 Å². The predicted molar refractivity (Wildman–Crippen MR) is 135 cm³/mol. The van der Waals surface area contributed by atoms with Crippen LogP contribution >= 0.6 is 0 Å². The molecule has 0 saturated heterocycles. The SMILES string of the molecule is CC(C)OC(=O)CCCCCCCCCCCCC(C(C)C)C(C(=O)OC(C)C)C(C)C. The van der Waals surface area contributed by atoms with E-state index in [0.717, 1.165) is 19.3 Å². The van der Waals surface area contributed by atoms with Crippen LogP contribution in [0.15, 0.2) is 0 Å². The molecule has 4 heteroatoms. The minimum absolute atomic E-state index is 0.00299. The Morgan fingerprint density at radius 3 is 1.41 bits per heavy atom. The number of carbonyl (C=O) groups is 2. The van der Waals surface area contributed by atoms with Gasteiger partial charge in [0.2, 0.25) is 0 Å². The third kappa shape index (κ3) is 15.7. The van der Waals surface area contributed by atoms with Crippen LogP contribution in [0.4, 0.5) is 0 Å². The fourth-order valence-electron chi connectivity index (χ4n) is 4.57. The van der Waals surface area contributed by atoms with E-state index in [2.05, 4.69) is 27.7 Å². The van der Waals surface area contributed by atoms with Crippen LogP contribution in [0.25, 0.3) is 0 Å². The van der Waals surface area contributed by atoms with Crippen molar-refractivity contribution in [2.45, 2.75) is 145 Å². The van der Waals surface area contributed by atoms with Crippen molar-refractivity contribution in [2.75, 3.05) is 0 Å². The van der Waals surface area contributed by atoms with E-state index in [9.17, 15) is 9.59 Å². The van der Waals surface area contributed by atoms with Gasteiger partial charge in [0.15, 0.2) is 0 Å². The second-order valence-corrected chi connectivity index (χ2v) is 10.8. The van der Waals surface area contributed by atoms with Gasteiger partial charge >= 0.3 is 11.9 Å². The van der Waals surface area contributed by atoms with E-state index in [4.69, 9.17) is 9.47 Å². The summed E-state index contributed by atoms with van der Waals surface area (Å²) in [5, 5.41) is 0. The molecular weight excluding hydrogens is 400 g/mol. The lowest BCUT2D eigenvalue weighted by Gasteiger charge is -2.32. The lowest BCUT2D eigenvalue weighted by molar-refractivity contribution is -0.157. The number of hydrogen-bond acceptors (Lipinski definition) is 4. The van der Waals surface area contributed by atoms with Crippen molar-refractivity contribution < 1.29 is 19.1 Å². The van der Waals surface area contributed by atoms with Gasteiger partial charge in [-0.1, -0.05) is 85.5 Å². The summed E-state index contributed by atoms with van der Waals surface area (Å²) in [7, 11) is 0. The summed E-state index contributed by atoms with van der Waals surface area (Å²) in [5.41, 5.74) is 0. The fourth-order valence-corrected chi connectivity index (χ4v) is 4.57. The highest BCUT2D eigenvalue weighted by atomic mass is 16.5. The number of carbonyl (C=O) groups excluding carboxylic acids is 2. The van der Waals surface area contributed by atoms with E-state index in [1.165, 1.54) is 51.4 Å². The summed E-state index contributed by atoms with van der Waals surface area (Å²) < 4.78 is 10.7. The first-order valence-corrected chi connectivity index (χ1v) is 13.5. The molecule has 0 aromatic heterocycles. The van der Waals surface area contributed by atoms with E-state index in [1.54, 1.807) is 0 Å². The average Bonchev–Trinajstić information content (AvgIpc) is 2.65. The molecule has 4 nitrogen and oxygen atoms in total. The minimum Gasteiger partial charge on any atom is -0.463 e. The highest BCUT2D eigenvalue weighted by Gasteiger charge is 2.34. The Morgan fingerprint density at radius 2 is 1.00 bits per heavy atom. The van der Waals surface area contributed by atoms with E-state index < -0.39 is 0 Å². The third-order valence-electron chi connectivity index (χ3n) is 6.20. The maximum atomic E-state index is 12.7. The van der Waals surface area contributed by atoms with Crippen LogP contribution < -0.4 is 0 Å². The Bertz CT molecular complexity index is 482. The minimum atomic E-state index is -0.0590. The normalized spacial score (nSPS) is 13.8. The Morgan fingerprint density at radius 1 is 0.562 bits per heavy atom. The predicted octanol–water partition coefficient (Wildman–Crippen LogP) is 8.12. The lowest BCUT2D eigenvalue weighted by atomic mass is 9.74. The molecule has 2 unspecified atom stereocenters. The molecule has 0 fully saturated rings. The molecule has 0 bridgehead atoms. The molecule has 0 amide bonds. The van der Waals surface area contributed by atoms with Crippen molar-refractivity contribution in [3.63, 3.8) is 0 Å². The molecule has 190 valence electrons. The Balaban J connectivity index is 3.93. The number of ether oxygens (including phenoxy) is 2. The average molecular weight is 455 g/mol. The van der Waals surface area contributed by atoms with Crippen LogP contribution in [0, 0.1) is 23.7 Å². The maximum absolute atomic E-state index is 12.7. The van der Waals surface area contributed by atoms with Crippen molar-refractivity contribution in [1.29, 1.82) is 0 Å². The smallest absolute Gasteiger partial charge is 0.309 e. The van der Waals surface area contributed by atoms with Gasteiger partial charge in [-0.15, -0.1) is 0 Å². The van der Waals surface area contributed by atoms with Gasteiger partial charge in [-0.2, -0.15) is 0 Å². The molecular formula is C28H54O4. The quantitative estimate of drug-likeness (QED) is 0.146. The van der Waals surface area contributed by atoms with Gasteiger partial charge in [0.1, 0.15) is 0 Å². The Hall–Kier alpha value is -1.06. The standard InChI is InChI=1S/C28H54O4/c1-21(2)25(27(22(3)4)28(30)32-24(7)8)19-17-15-13-11-9-10-12-14-16-18-20-26(29)31-23(5)6/h21-25,27H,9-20H2,1-8H3. The number of esters is 2. The van der Waals surface area contributed by atoms with E-state index in [1.807, 2.05) is 27.7 Å². The molecule has 0 radical (unpaired) electrons. The number of unbranched alkanes of at least 4 members (excludes halogenated alkanes) is 9. The molecule has 0 aromatic carbocycles. The van der Waals surface area contributed by atoms with E-state index >= 15 is 0 Å². The molecule has 0 rings (SSSR count). The van der Waals surface area contributed by atoms with Gasteiger partial charge in [-0.05, 0) is 58.3 Å².